The van der Waals surface area contributed by atoms with Crippen LogP contribution >= 0.6 is 0 Å². The van der Waals surface area contributed by atoms with Crippen LogP contribution in [0, 0.1) is 0 Å². The second kappa shape index (κ2) is 3.96. The Morgan fingerprint density at radius 1 is 1.50 bits per heavy atom. The summed E-state index contributed by atoms with van der Waals surface area (Å²) in [5.41, 5.74) is 1.18. The third-order valence-corrected chi connectivity index (χ3v) is 2.60. The Morgan fingerprint density at radius 2 is 2.25 bits per heavy atom. The molecule has 1 aliphatic rings. The first-order valence-corrected chi connectivity index (χ1v) is 5.02. The van der Waals surface area contributed by atoms with E-state index in [0.717, 1.165) is 5.56 Å². The summed E-state index contributed by atoms with van der Waals surface area (Å²) in [6, 6.07) is 4.97. The van der Waals surface area contributed by atoms with E-state index in [-0.39, 0.29) is 5.78 Å². The zero-order valence-corrected chi connectivity index (χ0v) is 9.15. The van der Waals surface area contributed by atoms with Crippen LogP contribution in [0.15, 0.2) is 18.2 Å². The normalized spacial score (nSPS) is 18.6. The summed E-state index contributed by atoms with van der Waals surface area (Å²) in [6.45, 7) is 1.72. The predicted molar refractivity (Wildman–Crippen MR) is 56.6 cm³/mol. The molecule has 0 radical (unpaired) electrons. The second-order valence-electron chi connectivity index (χ2n) is 3.72. The summed E-state index contributed by atoms with van der Waals surface area (Å²) < 4.78 is 10.0. The molecule has 4 nitrogen and oxygen atoms in total. The average Bonchev–Trinajstić information content (AvgIpc) is 2.29. The highest BCUT2D eigenvalue weighted by Gasteiger charge is 2.24. The molecule has 0 aromatic heterocycles. The van der Waals surface area contributed by atoms with E-state index >= 15 is 0 Å². The number of carbonyl (C=O) groups excluding carboxylic acids is 2. The maximum absolute atomic E-state index is 11.5. The van der Waals surface area contributed by atoms with Crippen LogP contribution in [0.25, 0.3) is 0 Å². The van der Waals surface area contributed by atoms with Gasteiger partial charge in [-0.3, -0.25) is 4.79 Å². The van der Waals surface area contributed by atoms with Gasteiger partial charge >= 0.3 is 5.97 Å². The van der Waals surface area contributed by atoms with Crippen LogP contribution in [0.4, 0.5) is 0 Å². The van der Waals surface area contributed by atoms with Crippen molar-refractivity contribution in [3.63, 3.8) is 0 Å². The predicted octanol–water partition coefficient (Wildman–Crippen LogP) is 1.37. The van der Waals surface area contributed by atoms with Crippen LogP contribution in [-0.2, 0) is 16.0 Å². The summed E-state index contributed by atoms with van der Waals surface area (Å²) >= 11 is 0. The molecule has 1 aliphatic heterocycles. The summed E-state index contributed by atoms with van der Waals surface area (Å²) in [5, 5.41) is 0. The van der Waals surface area contributed by atoms with Gasteiger partial charge in [-0.25, -0.2) is 4.79 Å². The zero-order valence-electron chi connectivity index (χ0n) is 9.15. The van der Waals surface area contributed by atoms with Crippen molar-refractivity contribution in [3.05, 3.63) is 29.3 Å². The summed E-state index contributed by atoms with van der Waals surface area (Å²) in [6.07, 6.45) is -0.0992. The monoisotopic (exact) mass is 220 g/mol. The number of ketones is 1. The van der Waals surface area contributed by atoms with Crippen molar-refractivity contribution in [2.45, 2.75) is 19.4 Å². The number of carbonyl (C=O) groups is 2. The highest BCUT2D eigenvalue weighted by Crippen LogP contribution is 2.27. The first kappa shape index (κ1) is 10.7. The van der Waals surface area contributed by atoms with Crippen molar-refractivity contribution < 1.29 is 19.1 Å². The molecule has 1 aromatic carbocycles. The van der Waals surface area contributed by atoms with E-state index < -0.39 is 12.1 Å². The van der Waals surface area contributed by atoms with E-state index in [2.05, 4.69) is 4.74 Å². The number of benzene rings is 1. The average molecular weight is 220 g/mol. The molecule has 0 amide bonds. The van der Waals surface area contributed by atoms with Gasteiger partial charge < -0.3 is 9.47 Å². The molecule has 0 saturated carbocycles. The minimum absolute atomic E-state index is 0.0227. The number of fused-ring (bicyclic) bond motifs is 1. The van der Waals surface area contributed by atoms with E-state index in [1.165, 1.54) is 7.11 Å². The molecule has 0 saturated heterocycles. The molecular weight excluding hydrogens is 208 g/mol. The van der Waals surface area contributed by atoms with Crippen LogP contribution in [0.3, 0.4) is 0 Å². The highest BCUT2D eigenvalue weighted by atomic mass is 16.5. The zero-order chi connectivity index (χ0) is 11.7. The van der Waals surface area contributed by atoms with Crippen molar-refractivity contribution in [1.29, 1.82) is 0 Å². The Balaban J connectivity index is 2.36. The smallest absolute Gasteiger partial charge is 0.337 e. The van der Waals surface area contributed by atoms with E-state index in [0.29, 0.717) is 17.7 Å². The Labute approximate surface area is 93.2 Å². The Morgan fingerprint density at radius 3 is 2.94 bits per heavy atom. The molecular formula is C12H12O4. The lowest BCUT2D eigenvalue weighted by Gasteiger charge is -2.22. The van der Waals surface area contributed by atoms with Gasteiger partial charge in [0.05, 0.1) is 12.7 Å². The number of hydrogen-bond acceptors (Lipinski definition) is 4. The molecule has 2 rings (SSSR count). The fourth-order valence-corrected chi connectivity index (χ4v) is 1.66. The minimum atomic E-state index is -0.408. The molecule has 84 valence electrons. The van der Waals surface area contributed by atoms with Gasteiger partial charge in [0.1, 0.15) is 5.75 Å². The number of Topliss-reactive ketones (excluding diaryl/α,β-unsaturated/α-hetero) is 1. The van der Waals surface area contributed by atoms with E-state index in [4.69, 9.17) is 4.74 Å². The molecule has 0 N–H and O–H groups in total. The van der Waals surface area contributed by atoms with Crippen LogP contribution in [0.1, 0.15) is 22.8 Å². The van der Waals surface area contributed by atoms with Crippen LogP contribution < -0.4 is 4.74 Å². The van der Waals surface area contributed by atoms with Gasteiger partial charge in [-0.15, -0.1) is 0 Å². The van der Waals surface area contributed by atoms with Crippen molar-refractivity contribution >= 4 is 11.8 Å². The number of rotatable bonds is 1. The number of esters is 1. The van der Waals surface area contributed by atoms with Crippen molar-refractivity contribution in [1.82, 2.24) is 0 Å². The molecule has 0 aliphatic carbocycles. The molecule has 1 heterocycles. The fourth-order valence-electron chi connectivity index (χ4n) is 1.66. The lowest BCUT2D eigenvalue weighted by molar-refractivity contribution is -0.125. The Kier molecular flexibility index (Phi) is 2.64. The first-order chi connectivity index (χ1) is 7.61. The summed E-state index contributed by atoms with van der Waals surface area (Å²) in [5.74, 6) is 0.281. The van der Waals surface area contributed by atoms with Gasteiger partial charge in [0.2, 0.25) is 0 Å². The third-order valence-electron chi connectivity index (χ3n) is 2.60. The standard InChI is InChI=1S/C12H12O4/c1-7-10(13)6-9-5-8(12(14)15-2)3-4-11(9)16-7/h3-5,7H,6H2,1-2H3/t7-/m1/s1. The largest absolute Gasteiger partial charge is 0.483 e. The van der Waals surface area contributed by atoms with Gasteiger partial charge in [0.15, 0.2) is 11.9 Å². The quantitative estimate of drug-likeness (QED) is 0.671. The SMILES string of the molecule is COC(=O)c1ccc2c(c1)CC(=O)[C@@H](C)O2. The third kappa shape index (κ3) is 1.78. The molecule has 1 atom stereocenters. The highest BCUT2D eigenvalue weighted by molar-refractivity contribution is 5.92. The summed E-state index contributed by atoms with van der Waals surface area (Å²) in [4.78, 5) is 22.8. The van der Waals surface area contributed by atoms with E-state index in [1.807, 2.05) is 0 Å². The molecule has 0 bridgehead atoms. The van der Waals surface area contributed by atoms with Crippen molar-refractivity contribution in [3.8, 4) is 5.75 Å². The van der Waals surface area contributed by atoms with Crippen LogP contribution in [-0.4, -0.2) is 25.0 Å². The molecule has 4 heteroatoms. The first-order valence-electron chi connectivity index (χ1n) is 5.02. The van der Waals surface area contributed by atoms with Crippen molar-refractivity contribution in [2.75, 3.05) is 7.11 Å². The lowest BCUT2D eigenvalue weighted by Crippen LogP contribution is -2.30. The van der Waals surface area contributed by atoms with Crippen LogP contribution in [0.5, 0.6) is 5.75 Å². The molecule has 0 fully saturated rings. The molecule has 16 heavy (non-hydrogen) atoms. The van der Waals surface area contributed by atoms with Crippen LogP contribution in [0.2, 0.25) is 0 Å². The lowest BCUT2D eigenvalue weighted by atomic mass is 9.99. The van der Waals surface area contributed by atoms with Crippen molar-refractivity contribution in [2.24, 2.45) is 0 Å². The number of ether oxygens (including phenoxy) is 2. The number of methoxy groups -OCH3 is 1. The maximum Gasteiger partial charge on any atom is 0.337 e. The molecule has 1 aromatic rings. The van der Waals surface area contributed by atoms with Gasteiger partial charge in [0, 0.05) is 12.0 Å². The van der Waals surface area contributed by atoms with Gasteiger partial charge in [-0.1, -0.05) is 0 Å². The van der Waals surface area contributed by atoms with Gasteiger partial charge in [-0.2, -0.15) is 0 Å². The fraction of sp³-hybridized carbons (Fsp3) is 0.333. The van der Waals surface area contributed by atoms with Gasteiger partial charge in [-0.05, 0) is 25.1 Å². The van der Waals surface area contributed by atoms with E-state index in [1.54, 1.807) is 25.1 Å². The minimum Gasteiger partial charge on any atom is -0.483 e. The topological polar surface area (TPSA) is 52.6 Å². The van der Waals surface area contributed by atoms with Gasteiger partial charge in [0.25, 0.3) is 0 Å². The molecule has 0 spiro atoms. The van der Waals surface area contributed by atoms with E-state index in [9.17, 15) is 9.59 Å². The number of hydrogen-bond donors (Lipinski definition) is 0. The second-order valence-corrected chi connectivity index (χ2v) is 3.72. The summed E-state index contributed by atoms with van der Waals surface area (Å²) in [7, 11) is 1.32. The Hall–Kier alpha value is -1.84. The molecule has 0 unspecified atom stereocenters. The Bertz CT molecular complexity index is 450. The maximum atomic E-state index is 11.5.